The molecular weight excluding hydrogens is 239 g/mol. The summed E-state index contributed by atoms with van der Waals surface area (Å²) in [5.74, 6) is -1.66. The predicted octanol–water partition coefficient (Wildman–Crippen LogP) is 1.83. The van der Waals surface area contributed by atoms with Crippen LogP contribution in [0.2, 0.25) is 0 Å². The van der Waals surface area contributed by atoms with E-state index < -0.39 is 23.9 Å². The van der Waals surface area contributed by atoms with Gasteiger partial charge in [-0.05, 0) is 18.6 Å². The van der Waals surface area contributed by atoms with Crippen molar-refractivity contribution in [3.8, 4) is 0 Å². The number of amides is 2. The van der Waals surface area contributed by atoms with Gasteiger partial charge < -0.3 is 10.4 Å². The Balaban J connectivity index is 2.79. The molecule has 0 radical (unpaired) electrons. The summed E-state index contributed by atoms with van der Waals surface area (Å²) in [6, 6.07) is 4.14. The summed E-state index contributed by atoms with van der Waals surface area (Å²) in [6.45, 7) is 1.64. The first-order valence-corrected chi connectivity index (χ1v) is 5.49. The highest BCUT2D eigenvalue weighted by Gasteiger charge is 2.21. The first kappa shape index (κ1) is 14.0. The van der Waals surface area contributed by atoms with E-state index in [1.165, 1.54) is 25.2 Å². The molecule has 0 aliphatic rings. The van der Waals surface area contributed by atoms with Crippen LogP contribution in [0.4, 0.5) is 14.9 Å². The molecule has 1 rings (SSSR count). The summed E-state index contributed by atoms with van der Waals surface area (Å²) in [5.41, 5.74) is 0.0928. The molecule has 1 aromatic carbocycles. The van der Waals surface area contributed by atoms with Crippen molar-refractivity contribution in [3.05, 3.63) is 30.1 Å². The van der Waals surface area contributed by atoms with Gasteiger partial charge in [-0.25, -0.2) is 14.0 Å². The van der Waals surface area contributed by atoms with Gasteiger partial charge in [0.05, 0.1) is 5.69 Å². The maximum absolute atomic E-state index is 13.4. The number of nitrogens with zero attached hydrogens (tertiary/aromatic N) is 1. The summed E-state index contributed by atoms with van der Waals surface area (Å²) in [7, 11) is 1.38. The quantitative estimate of drug-likeness (QED) is 0.861. The minimum Gasteiger partial charge on any atom is -0.480 e. The van der Waals surface area contributed by atoms with Crippen LogP contribution in [0.25, 0.3) is 0 Å². The Morgan fingerprint density at radius 1 is 1.44 bits per heavy atom. The molecule has 0 saturated carbocycles. The Hall–Kier alpha value is -2.11. The summed E-state index contributed by atoms with van der Waals surface area (Å²) in [6.07, 6.45) is 0.256. The molecule has 0 aliphatic heterocycles. The number of rotatable bonds is 4. The van der Waals surface area contributed by atoms with E-state index in [0.717, 1.165) is 4.90 Å². The predicted molar refractivity (Wildman–Crippen MR) is 65.0 cm³/mol. The number of hydrogen-bond donors (Lipinski definition) is 2. The Morgan fingerprint density at radius 3 is 2.56 bits per heavy atom. The van der Waals surface area contributed by atoms with E-state index in [1.807, 2.05) is 0 Å². The van der Waals surface area contributed by atoms with Crippen molar-refractivity contribution in [2.24, 2.45) is 0 Å². The lowest BCUT2D eigenvalue weighted by atomic mass is 10.2. The number of carbonyl (C=O) groups excluding carboxylic acids is 1. The monoisotopic (exact) mass is 254 g/mol. The van der Waals surface area contributed by atoms with Gasteiger partial charge in [0, 0.05) is 7.05 Å². The highest BCUT2D eigenvalue weighted by Crippen LogP contribution is 2.17. The van der Waals surface area contributed by atoms with Gasteiger partial charge in [-0.1, -0.05) is 19.1 Å². The van der Waals surface area contributed by atoms with Crippen LogP contribution < -0.4 is 10.2 Å². The van der Waals surface area contributed by atoms with Crippen LogP contribution in [0.1, 0.15) is 13.3 Å². The van der Waals surface area contributed by atoms with Crippen LogP contribution in [0.3, 0.4) is 0 Å². The Bertz CT molecular complexity index is 451. The fraction of sp³-hybridized carbons (Fsp3) is 0.333. The normalized spacial score (nSPS) is 11.7. The minimum atomic E-state index is -1.12. The topological polar surface area (TPSA) is 69.6 Å². The fourth-order valence-corrected chi connectivity index (χ4v) is 1.42. The van der Waals surface area contributed by atoms with Crippen LogP contribution in [0.5, 0.6) is 0 Å². The molecule has 0 unspecified atom stereocenters. The van der Waals surface area contributed by atoms with Gasteiger partial charge in [-0.2, -0.15) is 0 Å². The van der Waals surface area contributed by atoms with Crippen LogP contribution in [0, 0.1) is 5.82 Å². The minimum absolute atomic E-state index is 0.0928. The largest absolute Gasteiger partial charge is 0.480 e. The number of carbonyl (C=O) groups is 2. The number of para-hydroxylation sites is 1. The van der Waals surface area contributed by atoms with Crippen LogP contribution >= 0.6 is 0 Å². The zero-order valence-electron chi connectivity index (χ0n) is 10.2. The highest BCUT2D eigenvalue weighted by molar-refractivity contribution is 5.94. The molecule has 5 nitrogen and oxygen atoms in total. The second-order valence-electron chi connectivity index (χ2n) is 3.76. The number of benzene rings is 1. The van der Waals surface area contributed by atoms with E-state index in [4.69, 9.17) is 5.11 Å². The molecule has 98 valence electrons. The van der Waals surface area contributed by atoms with Gasteiger partial charge in [0.25, 0.3) is 0 Å². The molecule has 1 aromatic rings. The van der Waals surface area contributed by atoms with Gasteiger partial charge in [-0.3, -0.25) is 4.90 Å². The van der Waals surface area contributed by atoms with Gasteiger partial charge >= 0.3 is 12.0 Å². The molecule has 0 spiro atoms. The molecular formula is C12H15FN2O3. The third kappa shape index (κ3) is 3.19. The first-order valence-electron chi connectivity index (χ1n) is 5.49. The van der Waals surface area contributed by atoms with Gasteiger partial charge in [0.1, 0.15) is 11.9 Å². The smallest absolute Gasteiger partial charge is 0.326 e. The number of aliphatic carboxylic acids is 1. The Kier molecular flexibility index (Phi) is 4.65. The molecule has 0 aromatic heterocycles. The molecule has 6 heteroatoms. The van der Waals surface area contributed by atoms with Crippen molar-refractivity contribution in [1.29, 1.82) is 0 Å². The van der Waals surface area contributed by atoms with Crippen molar-refractivity contribution in [3.63, 3.8) is 0 Å². The lowest BCUT2D eigenvalue weighted by Crippen LogP contribution is -2.46. The summed E-state index contributed by atoms with van der Waals surface area (Å²) < 4.78 is 13.4. The molecule has 18 heavy (non-hydrogen) atoms. The van der Waals surface area contributed by atoms with Gasteiger partial charge in [-0.15, -0.1) is 0 Å². The SMILES string of the molecule is CC[C@H](NC(=O)N(C)c1ccccc1F)C(=O)O. The van der Waals surface area contributed by atoms with Crippen molar-refractivity contribution < 1.29 is 19.1 Å². The summed E-state index contributed by atoms with van der Waals surface area (Å²) in [5, 5.41) is 11.1. The average molecular weight is 254 g/mol. The molecule has 0 saturated heterocycles. The number of carboxylic acids is 1. The fourth-order valence-electron chi connectivity index (χ4n) is 1.42. The van der Waals surface area contributed by atoms with E-state index in [1.54, 1.807) is 13.0 Å². The standard InChI is InChI=1S/C12H15FN2O3/c1-3-9(11(16)17)14-12(18)15(2)10-7-5-4-6-8(10)13/h4-7,9H,3H2,1-2H3,(H,14,18)(H,16,17)/t9-/m0/s1. The van der Waals surface area contributed by atoms with E-state index >= 15 is 0 Å². The molecule has 0 heterocycles. The van der Waals surface area contributed by atoms with Crippen molar-refractivity contribution in [2.45, 2.75) is 19.4 Å². The number of hydrogen-bond acceptors (Lipinski definition) is 2. The van der Waals surface area contributed by atoms with Crippen molar-refractivity contribution in [2.75, 3.05) is 11.9 Å². The van der Waals surface area contributed by atoms with E-state index in [-0.39, 0.29) is 12.1 Å². The third-order valence-electron chi connectivity index (χ3n) is 2.52. The first-order chi connectivity index (χ1) is 8.47. The molecule has 2 N–H and O–H groups in total. The average Bonchev–Trinajstić information content (AvgIpc) is 2.35. The Labute approximate surface area is 104 Å². The van der Waals surface area contributed by atoms with Gasteiger partial charge in [0.2, 0.25) is 0 Å². The van der Waals surface area contributed by atoms with Crippen LogP contribution in [0.15, 0.2) is 24.3 Å². The second-order valence-corrected chi connectivity index (χ2v) is 3.76. The van der Waals surface area contributed by atoms with Crippen LogP contribution in [-0.2, 0) is 4.79 Å². The Morgan fingerprint density at radius 2 is 2.06 bits per heavy atom. The lowest BCUT2D eigenvalue weighted by Gasteiger charge is -2.21. The zero-order valence-corrected chi connectivity index (χ0v) is 10.2. The lowest BCUT2D eigenvalue weighted by molar-refractivity contribution is -0.139. The summed E-state index contributed by atoms with van der Waals surface area (Å²) in [4.78, 5) is 23.6. The zero-order chi connectivity index (χ0) is 13.7. The molecule has 0 fully saturated rings. The van der Waals surface area contributed by atoms with Crippen molar-refractivity contribution >= 4 is 17.7 Å². The highest BCUT2D eigenvalue weighted by atomic mass is 19.1. The number of nitrogens with one attached hydrogen (secondary N) is 1. The van der Waals surface area contributed by atoms with E-state index in [2.05, 4.69) is 5.32 Å². The molecule has 0 bridgehead atoms. The maximum Gasteiger partial charge on any atom is 0.326 e. The van der Waals surface area contributed by atoms with Crippen molar-refractivity contribution in [1.82, 2.24) is 5.32 Å². The van der Waals surface area contributed by atoms with Crippen LogP contribution in [-0.4, -0.2) is 30.2 Å². The van der Waals surface area contributed by atoms with E-state index in [9.17, 15) is 14.0 Å². The van der Waals surface area contributed by atoms with E-state index in [0.29, 0.717) is 0 Å². The molecule has 1 atom stereocenters. The van der Waals surface area contributed by atoms with Gasteiger partial charge in [0.15, 0.2) is 0 Å². The number of carboxylic acid groups (broad SMARTS) is 1. The molecule has 2 amide bonds. The number of urea groups is 1. The maximum atomic E-state index is 13.4. The summed E-state index contributed by atoms with van der Waals surface area (Å²) >= 11 is 0. The number of anilines is 1. The third-order valence-corrected chi connectivity index (χ3v) is 2.52. The second kappa shape index (κ2) is 6.00. The molecule has 0 aliphatic carbocycles. The number of halogens is 1.